The average molecular weight is 597 g/mol. The summed E-state index contributed by atoms with van der Waals surface area (Å²) >= 11 is 12.5. The van der Waals surface area contributed by atoms with E-state index in [0.29, 0.717) is 47.1 Å². The van der Waals surface area contributed by atoms with Crippen molar-refractivity contribution in [3.8, 4) is 11.5 Å². The average Bonchev–Trinajstić information content (AvgIpc) is 3.38. The van der Waals surface area contributed by atoms with Crippen LogP contribution in [0.1, 0.15) is 28.8 Å². The fourth-order valence-corrected chi connectivity index (χ4v) is 5.39. The molecule has 2 aliphatic rings. The first kappa shape index (κ1) is 29.2. The molecule has 10 heteroatoms. The molecule has 216 valence electrons. The summed E-state index contributed by atoms with van der Waals surface area (Å²) in [6.45, 7) is 3.88. The van der Waals surface area contributed by atoms with E-state index in [1.54, 1.807) is 7.11 Å². The number of halogens is 2. The van der Waals surface area contributed by atoms with E-state index in [-0.39, 0.29) is 12.1 Å². The second kappa shape index (κ2) is 13.1. The Morgan fingerprint density at radius 1 is 0.976 bits per heavy atom. The van der Waals surface area contributed by atoms with Crippen molar-refractivity contribution in [2.24, 2.45) is 4.99 Å². The van der Waals surface area contributed by atoms with E-state index in [1.165, 1.54) is 0 Å². The molecule has 3 aromatic rings. The summed E-state index contributed by atoms with van der Waals surface area (Å²) in [5.74, 6) is 1.82. The van der Waals surface area contributed by atoms with Crippen LogP contribution in [0.25, 0.3) is 0 Å². The molecule has 5 rings (SSSR count). The molecule has 1 saturated heterocycles. The molecule has 0 saturated carbocycles. The standard InChI is InChI=1S/C31H35Cl2N5O3/c1-36(2)18-19-41-27-20-25(40-3)12-13-26(27)30-35-28(21-4-8-23(32)9-5-21)29(22-6-10-24(33)11-7-22)38(30)31(39)37-16-14-34-15-17-37/h4-13,20,28-29,34H,14-19H2,1-3H3/t28-,29+/m1/s1. The van der Waals surface area contributed by atoms with Crippen molar-refractivity contribution in [3.63, 3.8) is 0 Å². The number of methoxy groups -OCH3 is 1. The lowest BCUT2D eigenvalue weighted by Crippen LogP contribution is -2.53. The van der Waals surface area contributed by atoms with Gasteiger partial charge in [0.15, 0.2) is 0 Å². The number of hydrogen-bond donors (Lipinski definition) is 1. The summed E-state index contributed by atoms with van der Waals surface area (Å²) in [5, 5.41) is 4.60. The maximum atomic E-state index is 14.4. The van der Waals surface area contributed by atoms with Crippen molar-refractivity contribution in [1.82, 2.24) is 20.0 Å². The molecule has 1 fully saturated rings. The van der Waals surface area contributed by atoms with Gasteiger partial charge in [-0.05, 0) is 61.6 Å². The minimum atomic E-state index is -0.414. The number of aliphatic imine (C=N–C) groups is 1. The van der Waals surface area contributed by atoms with Crippen LogP contribution >= 0.6 is 23.2 Å². The summed E-state index contributed by atoms with van der Waals surface area (Å²) in [6, 6.07) is 20.0. The summed E-state index contributed by atoms with van der Waals surface area (Å²) in [7, 11) is 5.62. The molecule has 8 nitrogen and oxygen atoms in total. The van der Waals surface area contributed by atoms with E-state index in [1.807, 2.05) is 90.6 Å². The molecule has 0 aromatic heterocycles. The van der Waals surface area contributed by atoms with Crippen LogP contribution in [0.3, 0.4) is 0 Å². The normalized spacial score (nSPS) is 18.9. The van der Waals surface area contributed by atoms with Gasteiger partial charge in [-0.3, -0.25) is 9.89 Å². The van der Waals surface area contributed by atoms with Gasteiger partial charge in [0, 0.05) is 48.8 Å². The number of hydrogen-bond acceptors (Lipinski definition) is 6. The minimum absolute atomic E-state index is 0.100. The van der Waals surface area contributed by atoms with E-state index < -0.39 is 6.04 Å². The second-order valence-corrected chi connectivity index (χ2v) is 11.2. The predicted octanol–water partition coefficient (Wildman–Crippen LogP) is 5.51. The number of urea groups is 1. The SMILES string of the molecule is COc1ccc(C2=N[C@H](c3ccc(Cl)cc3)[C@H](c3ccc(Cl)cc3)N2C(=O)N2CCNCC2)c(OCCN(C)C)c1. The molecule has 2 heterocycles. The maximum Gasteiger partial charge on any atom is 0.326 e. The minimum Gasteiger partial charge on any atom is -0.497 e. The van der Waals surface area contributed by atoms with Crippen LogP contribution in [0.2, 0.25) is 10.0 Å². The van der Waals surface area contributed by atoms with Crippen LogP contribution in [-0.2, 0) is 0 Å². The molecule has 2 aliphatic heterocycles. The first-order chi connectivity index (χ1) is 19.9. The molecule has 2 amide bonds. The Kier molecular flexibility index (Phi) is 9.35. The molecule has 3 aromatic carbocycles. The zero-order chi connectivity index (χ0) is 28.9. The van der Waals surface area contributed by atoms with Gasteiger partial charge >= 0.3 is 6.03 Å². The zero-order valence-electron chi connectivity index (χ0n) is 23.5. The number of amidine groups is 1. The van der Waals surface area contributed by atoms with Crippen LogP contribution in [0, 0.1) is 0 Å². The number of piperazine rings is 1. The van der Waals surface area contributed by atoms with Gasteiger partial charge < -0.3 is 24.6 Å². The lowest BCUT2D eigenvalue weighted by Gasteiger charge is -2.36. The van der Waals surface area contributed by atoms with E-state index in [0.717, 1.165) is 36.3 Å². The number of carbonyl (C=O) groups is 1. The lowest BCUT2D eigenvalue weighted by molar-refractivity contribution is 0.157. The summed E-state index contributed by atoms with van der Waals surface area (Å²) in [6.07, 6.45) is 0. The molecule has 2 atom stereocenters. The van der Waals surface area contributed by atoms with E-state index >= 15 is 0 Å². The first-order valence-corrected chi connectivity index (χ1v) is 14.4. The van der Waals surface area contributed by atoms with E-state index in [9.17, 15) is 4.79 Å². The molecule has 0 aliphatic carbocycles. The smallest absolute Gasteiger partial charge is 0.326 e. The summed E-state index contributed by atoms with van der Waals surface area (Å²) in [5.41, 5.74) is 2.61. The number of likely N-dealkylation sites (N-methyl/N-ethyl adjacent to an activating group) is 1. The largest absolute Gasteiger partial charge is 0.497 e. The number of carbonyl (C=O) groups excluding carboxylic acids is 1. The number of nitrogens with one attached hydrogen (secondary N) is 1. The summed E-state index contributed by atoms with van der Waals surface area (Å²) < 4.78 is 11.8. The van der Waals surface area contributed by atoms with Gasteiger partial charge in [-0.25, -0.2) is 4.79 Å². The van der Waals surface area contributed by atoms with Crippen molar-refractivity contribution in [2.75, 3.05) is 60.5 Å². The third-order valence-corrected chi connectivity index (χ3v) is 7.81. The van der Waals surface area contributed by atoms with Gasteiger partial charge in [-0.2, -0.15) is 0 Å². The fraction of sp³-hybridized carbons (Fsp3) is 0.355. The third-order valence-electron chi connectivity index (χ3n) is 7.31. The predicted molar refractivity (Wildman–Crippen MR) is 164 cm³/mol. The number of nitrogens with zero attached hydrogens (tertiary/aromatic N) is 4. The first-order valence-electron chi connectivity index (χ1n) is 13.7. The van der Waals surface area contributed by atoms with Crippen molar-refractivity contribution in [2.45, 2.75) is 12.1 Å². The van der Waals surface area contributed by atoms with Gasteiger partial charge in [-0.1, -0.05) is 47.5 Å². The van der Waals surface area contributed by atoms with Crippen molar-refractivity contribution < 1.29 is 14.3 Å². The Labute approximate surface area is 251 Å². The number of rotatable bonds is 8. The van der Waals surface area contributed by atoms with Gasteiger partial charge in [0.2, 0.25) is 0 Å². The van der Waals surface area contributed by atoms with Crippen molar-refractivity contribution >= 4 is 35.1 Å². The highest BCUT2D eigenvalue weighted by Crippen LogP contribution is 2.45. The highest BCUT2D eigenvalue weighted by Gasteiger charge is 2.44. The van der Waals surface area contributed by atoms with Gasteiger partial charge in [0.25, 0.3) is 0 Å². The van der Waals surface area contributed by atoms with Crippen LogP contribution in [0.4, 0.5) is 4.79 Å². The highest BCUT2D eigenvalue weighted by atomic mass is 35.5. The van der Waals surface area contributed by atoms with Gasteiger partial charge in [-0.15, -0.1) is 0 Å². The molecule has 0 unspecified atom stereocenters. The van der Waals surface area contributed by atoms with Crippen molar-refractivity contribution in [3.05, 3.63) is 93.5 Å². The Morgan fingerprint density at radius 3 is 2.22 bits per heavy atom. The quantitative estimate of drug-likeness (QED) is 0.372. The molecule has 0 bridgehead atoms. The van der Waals surface area contributed by atoms with E-state index in [4.69, 9.17) is 37.7 Å². The second-order valence-electron chi connectivity index (χ2n) is 10.3. The maximum absolute atomic E-state index is 14.4. The monoisotopic (exact) mass is 595 g/mol. The molecule has 0 spiro atoms. The number of amides is 2. The molecule has 0 radical (unpaired) electrons. The highest BCUT2D eigenvalue weighted by molar-refractivity contribution is 6.30. The summed E-state index contributed by atoms with van der Waals surface area (Å²) in [4.78, 5) is 25.5. The van der Waals surface area contributed by atoms with E-state index in [2.05, 4.69) is 10.2 Å². The van der Waals surface area contributed by atoms with Gasteiger partial charge in [0.1, 0.15) is 30.0 Å². The number of benzene rings is 3. The lowest BCUT2D eigenvalue weighted by atomic mass is 9.93. The van der Waals surface area contributed by atoms with Crippen LogP contribution in [0.5, 0.6) is 11.5 Å². The Morgan fingerprint density at radius 2 is 1.61 bits per heavy atom. The topological polar surface area (TPSA) is 69.6 Å². The third kappa shape index (κ3) is 6.62. The zero-order valence-corrected chi connectivity index (χ0v) is 25.0. The van der Waals surface area contributed by atoms with Crippen LogP contribution in [-0.4, -0.2) is 87.1 Å². The van der Waals surface area contributed by atoms with Crippen LogP contribution < -0.4 is 14.8 Å². The molecule has 1 N–H and O–H groups in total. The molecule has 41 heavy (non-hydrogen) atoms. The Bertz CT molecular complexity index is 1380. The van der Waals surface area contributed by atoms with Gasteiger partial charge in [0.05, 0.1) is 18.7 Å². The van der Waals surface area contributed by atoms with Crippen molar-refractivity contribution in [1.29, 1.82) is 0 Å². The fourth-order valence-electron chi connectivity index (χ4n) is 5.13. The molecular formula is C31H35Cl2N5O3. The number of ether oxygens (including phenoxy) is 2. The molecular weight excluding hydrogens is 561 g/mol. The van der Waals surface area contributed by atoms with Crippen LogP contribution in [0.15, 0.2) is 71.7 Å². The Hall–Kier alpha value is -3.30. The Balaban J connectivity index is 1.66.